The maximum atomic E-state index is 5.64. The van der Waals surface area contributed by atoms with Crippen LogP contribution >= 0.6 is 0 Å². The fourth-order valence-corrected chi connectivity index (χ4v) is 2.02. The highest BCUT2D eigenvalue weighted by molar-refractivity contribution is 5.01. The molecule has 0 amide bonds. The van der Waals surface area contributed by atoms with E-state index in [1.165, 1.54) is 6.42 Å². The second-order valence-corrected chi connectivity index (χ2v) is 3.23. The summed E-state index contributed by atoms with van der Waals surface area (Å²) in [5, 5.41) is 3.31. The van der Waals surface area contributed by atoms with E-state index >= 15 is 0 Å². The van der Waals surface area contributed by atoms with Crippen LogP contribution in [0.5, 0.6) is 0 Å². The molecule has 0 aromatic carbocycles. The third-order valence-corrected chi connectivity index (χ3v) is 2.76. The number of hydrogen-bond acceptors (Lipinski definition) is 3. The van der Waals surface area contributed by atoms with Gasteiger partial charge in [0.2, 0.25) is 0 Å². The van der Waals surface area contributed by atoms with Crippen molar-refractivity contribution in [2.45, 2.75) is 12.0 Å². The molecular weight excluding hydrogens is 128 g/mol. The summed E-state index contributed by atoms with van der Waals surface area (Å²) >= 11 is 0. The molecule has 2 aliphatic rings. The highest BCUT2D eigenvalue weighted by atomic mass is 16.5. The van der Waals surface area contributed by atoms with Gasteiger partial charge >= 0.3 is 0 Å². The van der Waals surface area contributed by atoms with Crippen LogP contribution in [0.15, 0.2) is 0 Å². The molecule has 58 valence electrons. The molecule has 0 aromatic rings. The van der Waals surface area contributed by atoms with Crippen LogP contribution in [0, 0.1) is 5.92 Å². The summed E-state index contributed by atoms with van der Waals surface area (Å²) in [5.41, 5.74) is 5.66. The van der Waals surface area contributed by atoms with Gasteiger partial charge in [-0.25, -0.2) is 0 Å². The molecule has 0 spiro atoms. The Morgan fingerprint density at radius 2 is 2.60 bits per heavy atom. The largest absolute Gasteiger partial charge is 0.372 e. The minimum atomic E-state index is 0.0139. The van der Waals surface area contributed by atoms with Crippen molar-refractivity contribution in [3.63, 3.8) is 0 Å². The second-order valence-electron chi connectivity index (χ2n) is 3.23. The highest BCUT2D eigenvalue weighted by Crippen LogP contribution is 2.33. The Kier molecular flexibility index (Phi) is 1.44. The van der Waals surface area contributed by atoms with Crippen molar-refractivity contribution in [1.82, 2.24) is 5.32 Å². The summed E-state index contributed by atoms with van der Waals surface area (Å²) in [4.78, 5) is 0. The van der Waals surface area contributed by atoms with Crippen LogP contribution in [0.4, 0.5) is 0 Å². The Morgan fingerprint density at radius 1 is 1.70 bits per heavy atom. The average Bonchev–Trinajstić information content (AvgIpc) is 2.42. The smallest absolute Gasteiger partial charge is 0.0968 e. The molecule has 3 nitrogen and oxygen atoms in total. The minimum Gasteiger partial charge on any atom is -0.372 e. The Morgan fingerprint density at radius 3 is 3.30 bits per heavy atom. The summed E-state index contributed by atoms with van der Waals surface area (Å²) in [5.74, 6) is 0.678. The van der Waals surface area contributed by atoms with Gasteiger partial charge in [-0.2, -0.15) is 0 Å². The van der Waals surface area contributed by atoms with Gasteiger partial charge in [0.05, 0.1) is 5.60 Å². The molecule has 0 aliphatic carbocycles. The number of rotatable bonds is 1. The van der Waals surface area contributed by atoms with Gasteiger partial charge in [0, 0.05) is 32.2 Å². The molecular formula is C7H14N2O. The summed E-state index contributed by atoms with van der Waals surface area (Å²) in [6.07, 6.45) is 1.18. The van der Waals surface area contributed by atoms with E-state index in [1.807, 2.05) is 0 Å². The van der Waals surface area contributed by atoms with Crippen molar-refractivity contribution in [3.05, 3.63) is 0 Å². The molecule has 2 atom stereocenters. The maximum Gasteiger partial charge on any atom is 0.0968 e. The number of nitrogens with one attached hydrogen (secondary N) is 1. The third kappa shape index (κ3) is 0.713. The summed E-state index contributed by atoms with van der Waals surface area (Å²) < 4.78 is 5.63. The van der Waals surface area contributed by atoms with E-state index in [9.17, 15) is 0 Å². The van der Waals surface area contributed by atoms with Crippen molar-refractivity contribution in [3.8, 4) is 0 Å². The molecule has 0 radical (unpaired) electrons. The zero-order valence-electron chi connectivity index (χ0n) is 6.10. The topological polar surface area (TPSA) is 47.3 Å². The molecule has 0 aromatic heterocycles. The van der Waals surface area contributed by atoms with E-state index in [-0.39, 0.29) is 5.60 Å². The summed E-state index contributed by atoms with van der Waals surface area (Å²) in [6.45, 7) is 3.62. The molecule has 2 heterocycles. The van der Waals surface area contributed by atoms with Crippen LogP contribution in [0.3, 0.4) is 0 Å². The zero-order valence-corrected chi connectivity index (χ0v) is 6.10. The maximum absolute atomic E-state index is 5.64. The molecule has 2 rings (SSSR count). The highest BCUT2D eigenvalue weighted by Gasteiger charge is 2.46. The van der Waals surface area contributed by atoms with E-state index in [1.54, 1.807) is 0 Å². The predicted molar refractivity (Wildman–Crippen MR) is 38.7 cm³/mol. The van der Waals surface area contributed by atoms with Crippen molar-refractivity contribution in [1.29, 1.82) is 0 Å². The molecule has 3 N–H and O–H groups in total. The van der Waals surface area contributed by atoms with Crippen LogP contribution < -0.4 is 11.1 Å². The molecule has 2 saturated heterocycles. The molecule has 0 saturated carbocycles. The monoisotopic (exact) mass is 142 g/mol. The van der Waals surface area contributed by atoms with E-state index in [4.69, 9.17) is 10.5 Å². The Labute approximate surface area is 60.9 Å². The number of fused-ring (bicyclic) bond motifs is 1. The Bertz CT molecular complexity index is 128. The lowest BCUT2D eigenvalue weighted by Gasteiger charge is -2.24. The Balaban J connectivity index is 2.15. The first kappa shape index (κ1) is 6.58. The quantitative estimate of drug-likeness (QED) is 0.510. The Hall–Kier alpha value is -0.120. The van der Waals surface area contributed by atoms with Gasteiger partial charge in [0.15, 0.2) is 0 Å². The first-order chi connectivity index (χ1) is 4.87. The van der Waals surface area contributed by atoms with Gasteiger partial charge in [-0.15, -0.1) is 0 Å². The lowest BCUT2D eigenvalue weighted by molar-refractivity contribution is 0.0111. The average molecular weight is 142 g/mol. The number of nitrogens with two attached hydrogens (primary N) is 1. The van der Waals surface area contributed by atoms with Gasteiger partial charge in [-0.1, -0.05) is 0 Å². The second kappa shape index (κ2) is 2.19. The van der Waals surface area contributed by atoms with Crippen molar-refractivity contribution in [2.75, 3.05) is 26.2 Å². The third-order valence-electron chi connectivity index (χ3n) is 2.76. The molecule has 3 heteroatoms. The van der Waals surface area contributed by atoms with Gasteiger partial charge < -0.3 is 15.8 Å². The molecule has 0 unspecified atom stereocenters. The van der Waals surface area contributed by atoms with Crippen LogP contribution in [0.1, 0.15) is 6.42 Å². The minimum absolute atomic E-state index is 0.0139. The number of hydrogen-bond donors (Lipinski definition) is 2. The summed E-state index contributed by atoms with van der Waals surface area (Å²) in [6, 6.07) is 0. The summed E-state index contributed by atoms with van der Waals surface area (Å²) in [7, 11) is 0. The molecule has 2 aliphatic heterocycles. The lowest BCUT2D eigenvalue weighted by Crippen LogP contribution is -2.43. The predicted octanol–water partition coefficient (Wildman–Crippen LogP) is -0.676. The van der Waals surface area contributed by atoms with Crippen LogP contribution in [0.2, 0.25) is 0 Å². The van der Waals surface area contributed by atoms with Crippen LogP contribution in [-0.4, -0.2) is 31.8 Å². The van der Waals surface area contributed by atoms with E-state index in [2.05, 4.69) is 5.32 Å². The standard InChI is InChI=1S/C7H14N2O/c8-4-7-5-9-3-6(7)1-2-10-7/h6,9H,1-5,8H2/t6-,7+/m1/s1. The fourth-order valence-electron chi connectivity index (χ4n) is 2.02. The lowest BCUT2D eigenvalue weighted by atomic mass is 9.91. The van der Waals surface area contributed by atoms with E-state index < -0.39 is 0 Å². The van der Waals surface area contributed by atoms with Crippen molar-refractivity contribution < 1.29 is 4.74 Å². The van der Waals surface area contributed by atoms with Crippen LogP contribution in [-0.2, 0) is 4.74 Å². The van der Waals surface area contributed by atoms with Gasteiger partial charge in [0.25, 0.3) is 0 Å². The first-order valence-electron chi connectivity index (χ1n) is 3.92. The van der Waals surface area contributed by atoms with Gasteiger partial charge in [-0.05, 0) is 6.42 Å². The van der Waals surface area contributed by atoms with E-state index in [0.29, 0.717) is 12.5 Å². The van der Waals surface area contributed by atoms with Gasteiger partial charge in [-0.3, -0.25) is 0 Å². The molecule has 10 heavy (non-hydrogen) atoms. The van der Waals surface area contributed by atoms with E-state index in [0.717, 1.165) is 19.7 Å². The van der Waals surface area contributed by atoms with Crippen LogP contribution in [0.25, 0.3) is 0 Å². The zero-order chi connectivity index (χ0) is 7.03. The van der Waals surface area contributed by atoms with Crippen molar-refractivity contribution in [2.24, 2.45) is 11.7 Å². The fraction of sp³-hybridized carbons (Fsp3) is 1.00. The SMILES string of the molecule is NC[C@]12CNC[C@H]1CCO2. The normalized spacial score (nSPS) is 45.9. The van der Waals surface area contributed by atoms with Crippen molar-refractivity contribution >= 4 is 0 Å². The van der Waals surface area contributed by atoms with Gasteiger partial charge in [0.1, 0.15) is 0 Å². The number of ether oxygens (including phenoxy) is 1. The molecule has 2 fully saturated rings. The molecule has 0 bridgehead atoms. The first-order valence-corrected chi connectivity index (χ1v) is 3.92.